The number of anilines is 2. The largest absolute Gasteiger partial charge is 0.344 e. The number of nitrogens with zero attached hydrogens (tertiary/aromatic N) is 2. The van der Waals surface area contributed by atoms with E-state index in [0.29, 0.717) is 12.1 Å². The topological polar surface area (TPSA) is 91.4 Å². The number of aromatic nitrogens is 1. The molecule has 1 fully saturated rings. The quantitative estimate of drug-likeness (QED) is 0.605. The number of rotatable bonds is 7. The fourth-order valence-electron chi connectivity index (χ4n) is 3.76. The van der Waals surface area contributed by atoms with Crippen molar-refractivity contribution in [1.82, 2.24) is 10.3 Å². The normalized spacial score (nSPS) is 16.4. The van der Waals surface area contributed by atoms with E-state index in [2.05, 4.69) is 15.6 Å². The summed E-state index contributed by atoms with van der Waals surface area (Å²) in [6.45, 7) is 0.289. The van der Waals surface area contributed by atoms with Gasteiger partial charge in [-0.2, -0.15) is 0 Å². The Kier molecular flexibility index (Phi) is 6.55. The van der Waals surface area contributed by atoms with E-state index in [1.807, 2.05) is 60.7 Å². The number of carbonyl (C=O) groups excluding carboxylic acids is 3. The van der Waals surface area contributed by atoms with Crippen LogP contribution in [0.1, 0.15) is 12.0 Å². The molecule has 0 radical (unpaired) electrons. The third-order valence-electron chi connectivity index (χ3n) is 5.41. The van der Waals surface area contributed by atoms with E-state index in [4.69, 9.17) is 0 Å². The molecule has 1 unspecified atom stereocenters. The van der Waals surface area contributed by atoms with Gasteiger partial charge in [-0.15, -0.1) is 0 Å². The summed E-state index contributed by atoms with van der Waals surface area (Å²) >= 11 is 0. The zero-order valence-corrected chi connectivity index (χ0v) is 17.5. The standard InChI is InChI=1S/C25H24N4O3/c30-23-15-19(17-29(23)21-11-5-2-6-12-21)24(31)28-22(14-18-8-3-1-4-9-18)25(32)27-20-10-7-13-26-16-20/h1-13,16,19,22H,14-15,17H2,(H,27,32)(H,28,31)/t19?,22-/m1/s1. The molecular weight excluding hydrogens is 404 g/mol. The van der Waals surface area contributed by atoms with Crippen LogP contribution in [0.5, 0.6) is 0 Å². The van der Waals surface area contributed by atoms with Crippen molar-refractivity contribution in [3.8, 4) is 0 Å². The molecule has 0 aliphatic carbocycles. The Hall–Kier alpha value is -4.00. The van der Waals surface area contributed by atoms with Crippen molar-refractivity contribution in [3.63, 3.8) is 0 Å². The molecule has 3 aromatic rings. The highest BCUT2D eigenvalue weighted by atomic mass is 16.2. The van der Waals surface area contributed by atoms with Gasteiger partial charge in [0.1, 0.15) is 6.04 Å². The van der Waals surface area contributed by atoms with Crippen LogP contribution in [-0.4, -0.2) is 35.3 Å². The van der Waals surface area contributed by atoms with E-state index in [0.717, 1.165) is 11.3 Å². The lowest BCUT2D eigenvalue weighted by Crippen LogP contribution is -2.47. The molecule has 32 heavy (non-hydrogen) atoms. The Morgan fingerprint density at radius 2 is 1.72 bits per heavy atom. The second kappa shape index (κ2) is 9.87. The van der Waals surface area contributed by atoms with Crippen molar-refractivity contribution in [2.45, 2.75) is 18.9 Å². The van der Waals surface area contributed by atoms with Crippen LogP contribution in [0.4, 0.5) is 11.4 Å². The summed E-state index contributed by atoms with van der Waals surface area (Å²) in [6, 6.07) is 21.5. The SMILES string of the molecule is O=C(N[C@H](Cc1ccccc1)C(=O)Nc1cccnc1)C1CC(=O)N(c2ccccc2)C1. The number of nitrogens with one attached hydrogen (secondary N) is 2. The van der Waals surface area contributed by atoms with E-state index in [-0.39, 0.29) is 30.7 Å². The summed E-state index contributed by atoms with van der Waals surface area (Å²) in [5, 5.41) is 5.68. The van der Waals surface area contributed by atoms with Crippen LogP contribution in [0.3, 0.4) is 0 Å². The second-order valence-electron chi connectivity index (χ2n) is 7.72. The van der Waals surface area contributed by atoms with Crippen molar-refractivity contribution in [3.05, 3.63) is 90.8 Å². The van der Waals surface area contributed by atoms with Crippen LogP contribution in [-0.2, 0) is 20.8 Å². The zero-order chi connectivity index (χ0) is 22.3. The summed E-state index contributed by atoms with van der Waals surface area (Å²) in [5.74, 6) is -1.26. The van der Waals surface area contributed by atoms with E-state index in [1.165, 1.54) is 0 Å². The molecule has 1 aromatic heterocycles. The number of para-hydroxylation sites is 1. The van der Waals surface area contributed by atoms with Gasteiger partial charge in [0.2, 0.25) is 17.7 Å². The molecule has 4 rings (SSSR count). The molecule has 0 saturated carbocycles. The Balaban J connectivity index is 1.47. The molecule has 162 valence electrons. The number of hydrogen-bond donors (Lipinski definition) is 2. The molecule has 7 nitrogen and oxygen atoms in total. The maximum atomic E-state index is 13.0. The van der Waals surface area contributed by atoms with Gasteiger partial charge in [0.05, 0.1) is 17.8 Å². The number of amides is 3. The maximum Gasteiger partial charge on any atom is 0.247 e. The Morgan fingerprint density at radius 3 is 2.41 bits per heavy atom. The average Bonchev–Trinajstić information content (AvgIpc) is 3.22. The summed E-state index contributed by atoms with van der Waals surface area (Å²) < 4.78 is 0. The molecule has 1 saturated heterocycles. The van der Waals surface area contributed by atoms with Gasteiger partial charge in [-0.1, -0.05) is 48.5 Å². The Bertz CT molecular complexity index is 1070. The second-order valence-corrected chi connectivity index (χ2v) is 7.72. The number of carbonyl (C=O) groups is 3. The monoisotopic (exact) mass is 428 g/mol. The van der Waals surface area contributed by atoms with Crippen LogP contribution >= 0.6 is 0 Å². The third-order valence-corrected chi connectivity index (χ3v) is 5.41. The molecule has 2 atom stereocenters. The first-order valence-corrected chi connectivity index (χ1v) is 10.5. The average molecular weight is 428 g/mol. The van der Waals surface area contributed by atoms with Gasteiger partial charge in [-0.25, -0.2) is 0 Å². The van der Waals surface area contributed by atoms with Crippen molar-refractivity contribution in [1.29, 1.82) is 0 Å². The highest BCUT2D eigenvalue weighted by molar-refractivity contribution is 6.02. The van der Waals surface area contributed by atoms with E-state index >= 15 is 0 Å². The van der Waals surface area contributed by atoms with Crippen molar-refractivity contribution >= 4 is 29.1 Å². The van der Waals surface area contributed by atoms with E-state index in [9.17, 15) is 14.4 Å². The lowest BCUT2D eigenvalue weighted by atomic mass is 10.0. The van der Waals surface area contributed by atoms with Crippen LogP contribution in [0, 0.1) is 5.92 Å². The number of benzene rings is 2. The first-order chi connectivity index (χ1) is 15.6. The molecular formula is C25H24N4O3. The Morgan fingerprint density at radius 1 is 1.00 bits per heavy atom. The zero-order valence-electron chi connectivity index (χ0n) is 17.5. The van der Waals surface area contributed by atoms with Gasteiger partial charge in [-0.05, 0) is 29.8 Å². The highest BCUT2D eigenvalue weighted by Gasteiger charge is 2.36. The first kappa shape index (κ1) is 21.2. The van der Waals surface area contributed by atoms with Crippen molar-refractivity contribution < 1.29 is 14.4 Å². The van der Waals surface area contributed by atoms with Crippen molar-refractivity contribution in [2.24, 2.45) is 5.92 Å². The molecule has 2 aromatic carbocycles. The van der Waals surface area contributed by atoms with Crippen LogP contribution in [0.15, 0.2) is 85.2 Å². The summed E-state index contributed by atoms with van der Waals surface area (Å²) in [4.78, 5) is 44.2. The molecule has 1 aliphatic rings. The fraction of sp³-hybridized carbons (Fsp3) is 0.200. The predicted octanol–water partition coefficient (Wildman–Crippen LogP) is 2.80. The van der Waals surface area contributed by atoms with Crippen LogP contribution < -0.4 is 15.5 Å². The minimum Gasteiger partial charge on any atom is -0.344 e. The van der Waals surface area contributed by atoms with Gasteiger partial charge < -0.3 is 15.5 Å². The van der Waals surface area contributed by atoms with Crippen LogP contribution in [0.2, 0.25) is 0 Å². The molecule has 2 heterocycles. The summed E-state index contributed by atoms with van der Waals surface area (Å²) in [6.07, 6.45) is 3.62. The molecule has 1 aliphatic heterocycles. The highest BCUT2D eigenvalue weighted by Crippen LogP contribution is 2.25. The first-order valence-electron chi connectivity index (χ1n) is 10.5. The molecule has 0 bridgehead atoms. The molecule has 3 amide bonds. The van der Waals surface area contributed by atoms with Crippen LogP contribution in [0.25, 0.3) is 0 Å². The van der Waals surface area contributed by atoms with Gasteiger partial charge in [-0.3, -0.25) is 19.4 Å². The third kappa shape index (κ3) is 5.18. The molecule has 7 heteroatoms. The fourth-order valence-corrected chi connectivity index (χ4v) is 3.76. The van der Waals surface area contributed by atoms with E-state index < -0.39 is 12.0 Å². The van der Waals surface area contributed by atoms with Gasteiger partial charge in [0, 0.05) is 31.3 Å². The number of hydrogen-bond acceptors (Lipinski definition) is 4. The summed E-state index contributed by atoms with van der Waals surface area (Å²) in [5.41, 5.74) is 2.24. The minimum atomic E-state index is -0.786. The molecule has 2 N–H and O–H groups in total. The Labute approximate surface area is 186 Å². The van der Waals surface area contributed by atoms with Crippen molar-refractivity contribution in [2.75, 3.05) is 16.8 Å². The lowest BCUT2D eigenvalue weighted by molar-refractivity contribution is -0.129. The minimum absolute atomic E-state index is 0.101. The maximum absolute atomic E-state index is 13.0. The van der Waals surface area contributed by atoms with Gasteiger partial charge in [0.25, 0.3) is 0 Å². The smallest absolute Gasteiger partial charge is 0.247 e. The lowest BCUT2D eigenvalue weighted by Gasteiger charge is -2.21. The van der Waals surface area contributed by atoms with E-state index in [1.54, 1.807) is 29.4 Å². The number of pyridine rings is 1. The molecule has 0 spiro atoms. The van der Waals surface area contributed by atoms with Gasteiger partial charge >= 0.3 is 0 Å². The van der Waals surface area contributed by atoms with Gasteiger partial charge in [0.15, 0.2) is 0 Å². The predicted molar refractivity (Wildman–Crippen MR) is 122 cm³/mol. The summed E-state index contributed by atoms with van der Waals surface area (Å²) in [7, 11) is 0.